The van der Waals surface area contributed by atoms with Gasteiger partial charge in [0.25, 0.3) is 0 Å². The third-order valence-electron chi connectivity index (χ3n) is 2.92. The Morgan fingerprint density at radius 1 is 1.43 bits per heavy atom. The highest BCUT2D eigenvalue weighted by atomic mass is 16.5. The topological polar surface area (TPSA) is 38.5 Å². The van der Waals surface area contributed by atoms with E-state index in [1.807, 2.05) is 0 Å². The molecule has 0 aromatic carbocycles. The number of rotatable bonds is 7. The van der Waals surface area contributed by atoms with Crippen molar-refractivity contribution in [3.63, 3.8) is 0 Å². The minimum Gasteiger partial charge on any atom is -0.378 e. The highest BCUT2D eigenvalue weighted by Gasteiger charge is 2.15. The summed E-state index contributed by atoms with van der Waals surface area (Å²) in [6, 6.07) is 0. The molecule has 0 radical (unpaired) electrons. The summed E-state index contributed by atoms with van der Waals surface area (Å²) < 4.78 is 5.60. The van der Waals surface area contributed by atoms with Gasteiger partial charge in [0.05, 0.1) is 6.10 Å². The fourth-order valence-electron chi connectivity index (χ4n) is 1.94. The summed E-state index contributed by atoms with van der Waals surface area (Å²) in [6.45, 7) is 7.43. The second-order valence-electron chi connectivity index (χ2n) is 4.00. The lowest BCUT2D eigenvalue weighted by atomic mass is 10.2. The summed E-state index contributed by atoms with van der Waals surface area (Å²) in [5, 5.41) is 0. The van der Waals surface area contributed by atoms with E-state index < -0.39 is 0 Å². The third kappa shape index (κ3) is 4.40. The Morgan fingerprint density at radius 3 is 2.86 bits per heavy atom. The highest BCUT2D eigenvalue weighted by Crippen LogP contribution is 2.15. The second-order valence-corrected chi connectivity index (χ2v) is 4.00. The predicted octanol–water partition coefficient (Wildman–Crippen LogP) is 1.23. The van der Waals surface area contributed by atoms with Gasteiger partial charge in [-0.15, -0.1) is 0 Å². The quantitative estimate of drug-likeness (QED) is 0.671. The first-order valence-corrected chi connectivity index (χ1v) is 5.90. The second kappa shape index (κ2) is 7.21. The molecule has 1 aliphatic heterocycles. The summed E-state index contributed by atoms with van der Waals surface area (Å²) in [5.74, 6) is 0. The van der Waals surface area contributed by atoms with E-state index in [0.717, 1.165) is 32.7 Å². The third-order valence-corrected chi connectivity index (χ3v) is 2.92. The van der Waals surface area contributed by atoms with E-state index in [1.54, 1.807) is 0 Å². The van der Waals surface area contributed by atoms with Crippen molar-refractivity contribution in [2.24, 2.45) is 5.73 Å². The SMILES string of the molecule is CCN(CCCN)CCC1CCCO1. The standard InChI is InChI=1S/C11H24N2O/c1-2-13(8-4-7-12)9-6-11-5-3-10-14-11/h11H,2-10,12H2,1H3. The van der Waals surface area contributed by atoms with E-state index in [2.05, 4.69) is 11.8 Å². The van der Waals surface area contributed by atoms with Crippen LogP contribution in [-0.4, -0.2) is 43.8 Å². The maximum atomic E-state index is 5.60. The molecule has 1 saturated heterocycles. The Labute approximate surface area is 87.6 Å². The molecule has 0 aliphatic carbocycles. The van der Waals surface area contributed by atoms with Crippen LogP contribution in [-0.2, 0) is 4.74 Å². The van der Waals surface area contributed by atoms with Gasteiger partial charge in [0.1, 0.15) is 0 Å². The minimum absolute atomic E-state index is 0.530. The van der Waals surface area contributed by atoms with Gasteiger partial charge in [-0.25, -0.2) is 0 Å². The predicted molar refractivity (Wildman–Crippen MR) is 59.4 cm³/mol. The van der Waals surface area contributed by atoms with Crippen molar-refractivity contribution in [3.05, 3.63) is 0 Å². The Hall–Kier alpha value is -0.120. The maximum absolute atomic E-state index is 5.60. The largest absolute Gasteiger partial charge is 0.378 e. The first kappa shape index (κ1) is 12.0. The molecule has 1 unspecified atom stereocenters. The summed E-state index contributed by atoms with van der Waals surface area (Å²) in [6.07, 6.45) is 5.34. The molecule has 0 spiro atoms. The van der Waals surface area contributed by atoms with Crippen molar-refractivity contribution in [2.45, 2.75) is 38.7 Å². The Morgan fingerprint density at radius 2 is 2.29 bits per heavy atom. The van der Waals surface area contributed by atoms with Gasteiger partial charge in [-0.1, -0.05) is 6.92 Å². The zero-order valence-corrected chi connectivity index (χ0v) is 9.37. The van der Waals surface area contributed by atoms with Gasteiger partial charge >= 0.3 is 0 Å². The summed E-state index contributed by atoms with van der Waals surface area (Å²) in [4.78, 5) is 2.47. The maximum Gasteiger partial charge on any atom is 0.0588 e. The van der Waals surface area contributed by atoms with Crippen molar-refractivity contribution >= 4 is 0 Å². The van der Waals surface area contributed by atoms with Gasteiger partial charge in [-0.05, 0) is 45.3 Å². The summed E-state index contributed by atoms with van der Waals surface area (Å²) in [7, 11) is 0. The van der Waals surface area contributed by atoms with E-state index in [0.29, 0.717) is 6.10 Å². The molecule has 0 aromatic rings. The van der Waals surface area contributed by atoms with Gasteiger partial charge < -0.3 is 15.4 Å². The molecule has 0 bridgehead atoms. The van der Waals surface area contributed by atoms with Crippen LogP contribution >= 0.6 is 0 Å². The molecule has 2 N–H and O–H groups in total. The fraction of sp³-hybridized carbons (Fsp3) is 1.00. The average molecular weight is 200 g/mol. The lowest BCUT2D eigenvalue weighted by Crippen LogP contribution is -2.29. The van der Waals surface area contributed by atoms with Crippen molar-refractivity contribution in [1.82, 2.24) is 4.90 Å². The smallest absolute Gasteiger partial charge is 0.0588 e. The van der Waals surface area contributed by atoms with E-state index in [9.17, 15) is 0 Å². The van der Waals surface area contributed by atoms with Crippen LogP contribution in [0.25, 0.3) is 0 Å². The molecule has 1 fully saturated rings. The van der Waals surface area contributed by atoms with Crippen LogP contribution in [0.3, 0.4) is 0 Å². The molecule has 84 valence electrons. The Bertz CT molecular complexity index is 135. The highest BCUT2D eigenvalue weighted by molar-refractivity contribution is 4.67. The molecule has 3 nitrogen and oxygen atoms in total. The molecule has 1 rings (SSSR count). The summed E-state index contributed by atoms with van der Waals surface area (Å²) >= 11 is 0. The van der Waals surface area contributed by atoms with Crippen molar-refractivity contribution in [1.29, 1.82) is 0 Å². The molecular weight excluding hydrogens is 176 g/mol. The average Bonchev–Trinajstić information content (AvgIpc) is 2.71. The van der Waals surface area contributed by atoms with E-state index >= 15 is 0 Å². The first-order valence-electron chi connectivity index (χ1n) is 5.90. The van der Waals surface area contributed by atoms with Crippen LogP contribution in [0.1, 0.15) is 32.6 Å². The monoisotopic (exact) mass is 200 g/mol. The van der Waals surface area contributed by atoms with Crippen molar-refractivity contribution in [3.8, 4) is 0 Å². The molecule has 1 atom stereocenters. The molecule has 0 saturated carbocycles. The van der Waals surface area contributed by atoms with E-state index in [4.69, 9.17) is 10.5 Å². The lowest BCUT2D eigenvalue weighted by Gasteiger charge is -2.21. The number of ether oxygens (including phenoxy) is 1. The van der Waals surface area contributed by atoms with Crippen LogP contribution in [0.2, 0.25) is 0 Å². The number of nitrogens with zero attached hydrogens (tertiary/aromatic N) is 1. The number of nitrogens with two attached hydrogens (primary N) is 1. The molecule has 1 aliphatic rings. The van der Waals surface area contributed by atoms with Crippen LogP contribution in [0.15, 0.2) is 0 Å². The number of hydrogen-bond acceptors (Lipinski definition) is 3. The molecule has 0 aromatic heterocycles. The fourth-order valence-corrected chi connectivity index (χ4v) is 1.94. The van der Waals surface area contributed by atoms with Crippen LogP contribution in [0.5, 0.6) is 0 Å². The minimum atomic E-state index is 0.530. The molecule has 14 heavy (non-hydrogen) atoms. The van der Waals surface area contributed by atoms with Crippen LogP contribution in [0, 0.1) is 0 Å². The van der Waals surface area contributed by atoms with Gasteiger partial charge in [0.2, 0.25) is 0 Å². The zero-order chi connectivity index (χ0) is 10.2. The van der Waals surface area contributed by atoms with Gasteiger partial charge in [-0.3, -0.25) is 0 Å². The van der Waals surface area contributed by atoms with Gasteiger partial charge in [0.15, 0.2) is 0 Å². The Kier molecular flexibility index (Phi) is 6.15. The first-order chi connectivity index (χ1) is 6.86. The summed E-state index contributed by atoms with van der Waals surface area (Å²) in [5.41, 5.74) is 5.50. The molecule has 0 amide bonds. The molecule has 3 heteroatoms. The Balaban J connectivity index is 2.06. The normalized spacial score (nSPS) is 22.1. The lowest BCUT2D eigenvalue weighted by molar-refractivity contribution is 0.0926. The van der Waals surface area contributed by atoms with Gasteiger partial charge in [0, 0.05) is 13.2 Å². The zero-order valence-electron chi connectivity index (χ0n) is 9.37. The van der Waals surface area contributed by atoms with Crippen LogP contribution < -0.4 is 5.73 Å². The number of hydrogen-bond donors (Lipinski definition) is 1. The van der Waals surface area contributed by atoms with Crippen LogP contribution in [0.4, 0.5) is 0 Å². The van der Waals surface area contributed by atoms with E-state index in [-0.39, 0.29) is 0 Å². The van der Waals surface area contributed by atoms with E-state index in [1.165, 1.54) is 25.8 Å². The van der Waals surface area contributed by atoms with Crippen molar-refractivity contribution < 1.29 is 4.74 Å². The van der Waals surface area contributed by atoms with Gasteiger partial charge in [-0.2, -0.15) is 0 Å². The molecular formula is C11H24N2O. The molecule has 1 heterocycles. The van der Waals surface area contributed by atoms with Crippen molar-refractivity contribution in [2.75, 3.05) is 32.8 Å².